The van der Waals surface area contributed by atoms with Gasteiger partial charge in [0.05, 0.1) is 12.3 Å². The number of benzene rings is 1. The van der Waals surface area contributed by atoms with E-state index in [-0.39, 0.29) is 5.75 Å². The molecule has 0 atom stereocenters. The molecule has 1 aliphatic carbocycles. The van der Waals surface area contributed by atoms with E-state index in [0.717, 1.165) is 36.0 Å². The van der Waals surface area contributed by atoms with E-state index in [1.165, 1.54) is 0 Å². The van der Waals surface area contributed by atoms with E-state index in [1.807, 2.05) is 40.2 Å². The monoisotopic (exact) mass is 413 g/mol. The molecule has 3 rings (SSSR count). The summed E-state index contributed by atoms with van der Waals surface area (Å²) in [5.41, 5.74) is 1.06. The molecule has 0 spiro atoms. The normalized spacial score (nSPS) is 14.0. The third-order valence-electron chi connectivity index (χ3n) is 3.91. The Labute approximate surface area is 163 Å². The minimum absolute atomic E-state index is 0.170. The van der Waals surface area contributed by atoms with Crippen molar-refractivity contribution in [2.75, 3.05) is 12.3 Å². The Kier molecular flexibility index (Phi) is 6.22. The van der Waals surface area contributed by atoms with Crippen molar-refractivity contribution in [3.63, 3.8) is 0 Å². The second kappa shape index (κ2) is 8.63. The molecule has 0 unspecified atom stereocenters. The lowest BCUT2D eigenvalue weighted by atomic mass is 10.2. The van der Waals surface area contributed by atoms with Crippen LogP contribution < -0.4 is 10.6 Å². The van der Waals surface area contributed by atoms with Gasteiger partial charge >= 0.3 is 12.2 Å². The lowest BCUT2D eigenvalue weighted by Gasteiger charge is -2.10. The second-order valence-corrected chi connectivity index (χ2v) is 7.26. The molecule has 7 nitrogen and oxygen atoms in total. The van der Waals surface area contributed by atoms with Gasteiger partial charge < -0.3 is 9.88 Å². The molecule has 2 aromatic rings. The maximum Gasteiger partial charge on any atom is 0.405 e. The molecule has 1 aromatic carbocycles. The molecule has 2 N–H and O–H groups in total. The molecule has 1 saturated carbocycles. The molecule has 0 bridgehead atoms. The van der Waals surface area contributed by atoms with Crippen LogP contribution in [0.4, 0.5) is 18.0 Å². The number of urea groups is 1. The van der Waals surface area contributed by atoms with Crippen LogP contribution in [0.1, 0.15) is 30.1 Å². The second-order valence-electron chi connectivity index (χ2n) is 6.32. The Hall–Kier alpha value is -2.56. The number of carbonyl (C=O) groups excluding carboxylic acids is 2. The SMILES string of the molecule is O=C(CSc1nnc(C2CC2)n1Cc1ccccc1)NC(=O)NCC(F)(F)F. The van der Waals surface area contributed by atoms with Crippen LogP contribution in [0, 0.1) is 0 Å². The van der Waals surface area contributed by atoms with Crippen molar-refractivity contribution in [3.05, 3.63) is 41.7 Å². The van der Waals surface area contributed by atoms with Crippen LogP contribution in [0.25, 0.3) is 0 Å². The van der Waals surface area contributed by atoms with Crippen LogP contribution in [0.5, 0.6) is 0 Å². The average Bonchev–Trinajstić information content (AvgIpc) is 3.41. The summed E-state index contributed by atoms with van der Waals surface area (Å²) in [5, 5.41) is 12.3. The maximum absolute atomic E-state index is 12.1. The number of carbonyl (C=O) groups is 2. The van der Waals surface area contributed by atoms with E-state index in [2.05, 4.69) is 10.2 Å². The van der Waals surface area contributed by atoms with E-state index in [0.29, 0.717) is 17.6 Å². The molecule has 1 aromatic heterocycles. The number of aromatic nitrogens is 3. The Balaban J connectivity index is 1.58. The zero-order valence-corrected chi connectivity index (χ0v) is 15.5. The summed E-state index contributed by atoms with van der Waals surface area (Å²) in [6, 6.07) is 8.53. The fourth-order valence-electron chi connectivity index (χ4n) is 2.48. The number of rotatable bonds is 7. The van der Waals surface area contributed by atoms with Gasteiger partial charge in [-0.05, 0) is 18.4 Å². The number of alkyl halides is 3. The fraction of sp³-hybridized carbons (Fsp3) is 0.412. The number of nitrogens with zero attached hydrogens (tertiary/aromatic N) is 3. The summed E-state index contributed by atoms with van der Waals surface area (Å²) >= 11 is 1.08. The van der Waals surface area contributed by atoms with Gasteiger partial charge in [0.15, 0.2) is 5.16 Å². The van der Waals surface area contributed by atoms with Crippen molar-refractivity contribution in [2.24, 2.45) is 0 Å². The summed E-state index contributed by atoms with van der Waals surface area (Å²) < 4.78 is 38.1. The van der Waals surface area contributed by atoms with Crippen molar-refractivity contribution in [1.29, 1.82) is 0 Å². The average molecular weight is 413 g/mol. The van der Waals surface area contributed by atoms with Crippen molar-refractivity contribution < 1.29 is 22.8 Å². The van der Waals surface area contributed by atoms with E-state index < -0.39 is 24.7 Å². The molecule has 150 valence electrons. The predicted molar refractivity (Wildman–Crippen MR) is 95.9 cm³/mol. The Bertz CT molecular complexity index is 837. The van der Waals surface area contributed by atoms with Crippen LogP contribution in [-0.2, 0) is 11.3 Å². The zero-order chi connectivity index (χ0) is 20.1. The first-order chi connectivity index (χ1) is 13.3. The molecule has 0 saturated heterocycles. The van der Waals surface area contributed by atoms with Gasteiger partial charge in [-0.25, -0.2) is 4.79 Å². The van der Waals surface area contributed by atoms with Crippen molar-refractivity contribution >= 4 is 23.7 Å². The van der Waals surface area contributed by atoms with Gasteiger partial charge in [-0.2, -0.15) is 13.2 Å². The molecule has 3 amide bonds. The maximum atomic E-state index is 12.1. The molecule has 28 heavy (non-hydrogen) atoms. The largest absolute Gasteiger partial charge is 0.405 e. The fourth-order valence-corrected chi connectivity index (χ4v) is 3.23. The third-order valence-corrected chi connectivity index (χ3v) is 4.87. The summed E-state index contributed by atoms with van der Waals surface area (Å²) in [6.07, 6.45) is -2.46. The highest BCUT2D eigenvalue weighted by molar-refractivity contribution is 7.99. The number of thioether (sulfide) groups is 1. The number of hydrogen-bond acceptors (Lipinski definition) is 5. The first-order valence-electron chi connectivity index (χ1n) is 8.56. The van der Waals surface area contributed by atoms with Crippen LogP contribution >= 0.6 is 11.8 Å². The third kappa shape index (κ3) is 5.98. The van der Waals surface area contributed by atoms with Gasteiger partial charge in [-0.3, -0.25) is 10.1 Å². The van der Waals surface area contributed by atoms with E-state index in [4.69, 9.17) is 0 Å². The van der Waals surface area contributed by atoms with Crippen LogP contribution in [0.2, 0.25) is 0 Å². The lowest BCUT2D eigenvalue weighted by molar-refractivity contribution is -0.124. The molecule has 11 heteroatoms. The summed E-state index contributed by atoms with van der Waals surface area (Å²) in [5.74, 6) is 0.325. The van der Waals surface area contributed by atoms with Gasteiger partial charge in [-0.1, -0.05) is 42.1 Å². The summed E-state index contributed by atoms with van der Waals surface area (Å²) in [7, 11) is 0. The molecule has 0 aliphatic heterocycles. The molecular weight excluding hydrogens is 395 g/mol. The Morgan fingerprint density at radius 3 is 2.54 bits per heavy atom. The van der Waals surface area contributed by atoms with Crippen LogP contribution in [0.3, 0.4) is 0 Å². The topological polar surface area (TPSA) is 88.9 Å². The van der Waals surface area contributed by atoms with E-state index in [1.54, 1.807) is 5.32 Å². The number of halogens is 3. The van der Waals surface area contributed by atoms with Gasteiger partial charge in [0.1, 0.15) is 12.4 Å². The van der Waals surface area contributed by atoms with Crippen LogP contribution in [-0.4, -0.2) is 45.2 Å². The van der Waals surface area contributed by atoms with Crippen LogP contribution in [0.15, 0.2) is 35.5 Å². The van der Waals surface area contributed by atoms with Gasteiger partial charge in [0.25, 0.3) is 0 Å². The quantitative estimate of drug-likeness (QED) is 0.682. The lowest BCUT2D eigenvalue weighted by Crippen LogP contribution is -2.43. The van der Waals surface area contributed by atoms with Crippen molar-refractivity contribution in [1.82, 2.24) is 25.4 Å². The highest BCUT2D eigenvalue weighted by Crippen LogP contribution is 2.40. The van der Waals surface area contributed by atoms with Gasteiger partial charge in [0, 0.05) is 5.92 Å². The molecule has 0 radical (unpaired) electrons. The number of amides is 3. The molecule has 1 heterocycles. The smallest absolute Gasteiger partial charge is 0.329 e. The zero-order valence-electron chi connectivity index (χ0n) is 14.7. The van der Waals surface area contributed by atoms with E-state index in [9.17, 15) is 22.8 Å². The number of imide groups is 1. The highest BCUT2D eigenvalue weighted by Gasteiger charge is 2.31. The minimum Gasteiger partial charge on any atom is -0.329 e. The molecular formula is C17H18F3N5O2S. The number of nitrogens with one attached hydrogen (secondary N) is 2. The molecule has 1 fully saturated rings. The summed E-state index contributed by atoms with van der Waals surface area (Å²) in [4.78, 5) is 23.2. The highest BCUT2D eigenvalue weighted by atomic mass is 32.2. The summed E-state index contributed by atoms with van der Waals surface area (Å²) in [6.45, 7) is -0.953. The van der Waals surface area contributed by atoms with Gasteiger partial charge in [0.2, 0.25) is 5.91 Å². The Morgan fingerprint density at radius 2 is 1.89 bits per heavy atom. The Morgan fingerprint density at radius 1 is 1.18 bits per heavy atom. The van der Waals surface area contributed by atoms with Crippen molar-refractivity contribution in [3.8, 4) is 0 Å². The van der Waals surface area contributed by atoms with E-state index >= 15 is 0 Å². The molecule has 1 aliphatic rings. The predicted octanol–water partition coefficient (Wildman–Crippen LogP) is 2.68. The van der Waals surface area contributed by atoms with Crippen molar-refractivity contribution in [2.45, 2.75) is 36.6 Å². The number of hydrogen-bond donors (Lipinski definition) is 2. The standard InChI is InChI=1S/C17H18F3N5O2S/c18-17(19,20)10-21-15(27)22-13(26)9-28-16-24-23-14(12-6-7-12)25(16)8-11-4-2-1-3-5-11/h1-5,12H,6-10H2,(H2,21,22,26,27). The minimum atomic E-state index is -4.54. The first-order valence-corrected chi connectivity index (χ1v) is 9.54. The van der Waals surface area contributed by atoms with Gasteiger partial charge in [-0.15, -0.1) is 10.2 Å². The first kappa shape index (κ1) is 20.2.